The highest BCUT2D eigenvalue weighted by Crippen LogP contribution is 2.34. The third kappa shape index (κ3) is 2.37. The highest BCUT2D eigenvalue weighted by molar-refractivity contribution is 9.09. The average Bonchev–Trinajstić information content (AvgIpc) is 2.75. The molecule has 1 aliphatic rings. The van der Waals surface area contributed by atoms with Crippen LogP contribution in [-0.4, -0.2) is 9.81 Å². The topological polar surface area (TPSA) is 12.9 Å². The van der Waals surface area contributed by atoms with Crippen LogP contribution in [0.1, 0.15) is 24.8 Å². The molecule has 2 unspecified atom stereocenters. The summed E-state index contributed by atoms with van der Waals surface area (Å²) in [5.74, 6) is 0.838. The monoisotopic (exact) mass is 289 g/mol. The molecule has 2 atom stereocenters. The summed E-state index contributed by atoms with van der Waals surface area (Å²) < 4.78 is 0. The summed E-state index contributed by atoms with van der Waals surface area (Å²) in [6.45, 7) is 0. The maximum atomic E-state index is 4.42. The molecule has 1 heterocycles. The number of hydrogen-bond acceptors (Lipinski definition) is 1. The second kappa shape index (κ2) is 4.77. The van der Waals surface area contributed by atoms with Crippen LogP contribution < -0.4 is 0 Å². The van der Waals surface area contributed by atoms with Crippen molar-refractivity contribution in [2.75, 3.05) is 0 Å². The number of halogens is 1. The standard InChI is InChI=1S/C15H16BrN/c16-13-6-5-11(10-13)9-12-7-8-17-15-4-2-1-3-14(12)15/h1-4,7-8,11,13H,5-6,9-10H2. The first kappa shape index (κ1) is 11.2. The van der Waals surface area contributed by atoms with Gasteiger partial charge in [0.2, 0.25) is 0 Å². The number of hydrogen-bond donors (Lipinski definition) is 0. The van der Waals surface area contributed by atoms with Crippen molar-refractivity contribution in [2.45, 2.75) is 30.5 Å². The molecule has 17 heavy (non-hydrogen) atoms. The smallest absolute Gasteiger partial charge is 0.0704 e. The van der Waals surface area contributed by atoms with Gasteiger partial charge in [0.25, 0.3) is 0 Å². The Kier molecular flexibility index (Phi) is 3.15. The van der Waals surface area contributed by atoms with Gasteiger partial charge < -0.3 is 0 Å². The molecule has 88 valence electrons. The average molecular weight is 290 g/mol. The molecular formula is C15H16BrN. The van der Waals surface area contributed by atoms with Crippen molar-refractivity contribution in [3.8, 4) is 0 Å². The fourth-order valence-corrected chi connectivity index (χ4v) is 3.64. The van der Waals surface area contributed by atoms with E-state index in [0.717, 1.165) is 16.3 Å². The second-order valence-corrected chi connectivity index (χ2v) is 6.26. The van der Waals surface area contributed by atoms with Gasteiger partial charge in [0, 0.05) is 16.4 Å². The van der Waals surface area contributed by atoms with Gasteiger partial charge in [-0.05, 0) is 49.3 Å². The number of benzene rings is 1. The molecule has 0 amide bonds. The number of aromatic nitrogens is 1. The summed E-state index contributed by atoms with van der Waals surface area (Å²) in [6.07, 6.45) is 7.14. The first-order valence-corrected chi connectivity index (χ1v) is 7.21. The molecule has 2 aromatic rings. The van der Waals surface area contributed by atoms with E-state index in [-0.39, 0.29) is 0 Å². The van der Waals surface area contributed by atoms with Crippen molar-refractivity contribution in [1.29, 1.82) is 0 Å². The molecule has 0 saturated heterocycles. The van der Waals surface area contributed by atoms with E-state index in [9.17, 15) is 0 Å². The van der Waals surface area contributed by atoms with Crippen LogP contribution >= 0.6 is 15.9 Å². The molecule has 1 fully saturated rings. The molecule has 1 saturated carbocycles. The number of fused-ring (bicyclic) bond motifs is 1. The van der Waals surface area contributed by atoms with Crippen LogP contribution in [0.3, 0.4) is 0 Å². The van der Waals surface area contributed by atoms with Crippen molar-refractivity contribution >= 4 is 26.8 Å². The third-order valence-electron chi connectivity index (χ3n) is 3.73. The highest BCUT2D eigenvalue weighted by Gasteiger charge is 2.23. The summed E-state index contributed by atoms with van der Waals surface area (Å²) in [5, 5.41) is 1.33. The molecule has 0 N–H and O–H groups in total. The van der Waals surface area contributed by atoms with Crippen LogP contribution in [-0.2, 0) is 6.42 Å². The number of nitrogens with zero attached hydrogens (tertiary/aromatic N) is 1. The lowest BCUT2D eigenvalue weighted by atomic mass is 9.96. The van der Waals surface area contributed by atoms with Gasteiger partial charge in [-0.1, -0.05) is 34.1 Å². The lowest BCUT2D eigenvalue weighted by Crippen LogP contribution is -2.01. The molecule has 1 nitrogen and oxygen atoms in total. The molecule has 0 radical (unpaired) electrons. The van der Waals surface area contributed by atoms with Crippen LogP contribution in [0.15, 0.2) is 36.5 Å². The van der Waals surface area contributed by atoms with E-state index in [4.69, 9.17) is 0 Å². The minimum Gasteiger partial charge on any atom is -0.256 e. The van der Waals surface area contributed by atoms with Gasteiger partial charge >= 0.3 is 0 Å². The predicted octanol–water partition coefficient (Wildman–Crippen LogP) is 4.34. The van der Waals surface area contributed by atoms with Gasteiger partial charge in [-0.2, -0.15) is 0 Å². The van der Waals surface area contributed by atoms with E-state index in [1.807, 2.05) is 6.20 Å². The Balaban J connectivity index is 1.90. The molecule has 1 aromatic heterocycles. The molecule has 0 spiro atoms. The third-order valence-corrected chi connectivity index (χ3v) is 4.56. The summed E-state index contributed by atoms with van der Waals surface area (Å²) in [6, 6.07) is 10.6. The number of pyridine rings is 1. The summed E-state index contributed by atoms with van der Waals surface area (Å²) in [7, 11) is 0. The Morgan fingerprint density at radius 1 is 1.18 bits per heavy atom. The van der Waals surface area contributed by atoms with Gasteiger partial charge in [-0.15, -0.1) is 0 Å². The predicted molar refractivity (Wildman–Crippen MR) is 75.5 cm³/mol. The van der Waals surface area contributed by atoms with E-state index in [1.165, 1.54) is 36.6 Å². The van der Waals surface area contributed by atoms with Gasteiger partial charge in [0.15, 0.2) is 0 Å². The first-order valence-electron chi connectivity index (χ1n) is 6.29. The number of alkyl halides is 1. The highest BCUT2D eigenvalue weighted by atomic mass is 79.9. The molecule has 1 aromatic carbocycles. The zero-order chi connectivity index (χ0) is 11.7. The quantitative estimate of drug-likeness (QED) is 0.750. The largest absolute Gasteiger partial charge is 0.256 e. The Morgan fingerprint density at radius 3 is 2.88 bits per heavy atom. The molecule has 0 bridgehead atoms. The van der Waals surface area contributed by atoms with Gasteiger partial charge in [-0.3, -0.25) is 4.98 Å². The van der Waals surface area contributed by atoms with Gasteiger partial charge in [0.05, 0.1) is 5.52 Å². The zero-order valence-corrected chi connectivity index (χ0v) is 11.4. The molecule has 1 aliphatic carbocycles. The van der Waals surface area contributed by atoms with E-state index in [0.29, 0.717) is 0 Å². The molecular weight excluding hydrogens is 274 g/mol. The first-order chi connectivity index (χ1) is 8.33. The van der Waals surface area contributed by atoms with Gasteiger partial charge in [-0.25, -0.2) is 0 Å². The Morgan fingerprint density at radius 2 is 2.06 bits per heavy atom. The molecule has 0 aliphatic heterocycles. The van der Waals surface area contributed by atoms with Crippen molar-refractivity contribution in [3.05, 3.63) is 42.1 Å². The van der Waals surface area contributed by atoms with E-state index >= 15 is 0 Å². The maximum Gasteiger partial charge on any atom is 0.0704 e. The lowest BCUT2D eigenvalue weighted by Gasteiger charge is -2.11. The van der Waals surface area contributed by atoms with E-state index in [1.54, 1.807) is 0 Å². The fourth-order valence-electron chi connectivity index (χ4n) is 2.84. The van der Waals surface area contributed by atoms with Crippen LogP contribution in [0.5, 0.6) is 0 Å². The van der Waals surface area contributed by atoms with E-state index < -0.39 is 0 Å². The van der Waals surface area contributed by atoms with Crippen LogP contribution in [0, 0.1) is 5.92 Å². The molecule has 3 rings (SSSR count). The summed E-state index contributed by atoms with van der Waals surface area (Å²) in [5.41, 5.74) is 2.58. The van der Waals surface area contributed by atoms with Crippen molar-refractivity contribution in [3.63, 3.8) is 0 Å². The minimum absolute atomic E-state index is 0.737. The van der Waals surface area contributed by atoms with Crippen LogP contribution in [0.25, 0.3) is 10.9 Å². The maximum absolute atomic E-state index is 4.42. The van der Waals surface area contributed by atoms with Crippen molar-refractivity contribution < 1.29 is 0 Å². The van der Waals surface area contributed by atoms with Gasteiger partial charge in [0.1, 0.15) is 0 Å². The number of para-hydroxylation sites is 1. The SMILES string of the molecule is BrC1CCC(Cc2ccnc3ccccc23)C1. The Hall–Kier alpha value is -0.890. The molecule has 2 heteroatoms. The van der Waals surface area contributed by atoms with E-state index in [2.05, 4.69) is 51.2 Å². The lowest BCUT2D eigenvalue weighted by molar-refractivity contribution is 0.550. The minimum atomic E-state index is 0.737. The Bertz CT molecular complexity index is 518. The van der Waals surface area contributed by atoms with Crippen molar-refractivity contribution in [2.24, 2.45) is 5.92 Å². The normalized spacial score (nSPS) is 24.3. The zero-order valence-electron chi connectivity index (χ0n) is 9.77. The van der Waals surface area contributed by atoms with Crippen LogP contribution in [0.4, 0.5) is 0 Å². The van der Waals surface area contributed by atoms with Crippen molar-refractivity contribution in [1.82, 2.24) is 4.98 Å². The fraction of sp³-hybridized carbons (Fsp3) is 0.400. The summed E-state index contributed by atoms with van der Waals surface area (Å²) in [4.78, 5) is 5.16. The summed E-state index contributed by atoms with van der Waals surface area (Å²) >= 11 is 3.73. The van der Waals surface area contributed by atoms with Crippen LogP contribution in [0.2, 0.25) is 0 Å². The number of rotatable bonds is 2. The Labute approximate surface area is 110 Å². The second-order valence-electron chi connectivity index (χ2n) is 4.97.